The van der Waals surface area contributed by atoms with E-state index in [0.29, 0.717) is 6.42 Å². The van der Waals surface area contributed by atoms with Gasteiger partial charge in [0.15, 0.2) is 0 Å². The van der Waals surface area contributed by atoms with Crippen LogP contribution in [0.3, 0.4) is 0 Å². The van der Waals surface area contributed by atoms with Crippen LogP contribution in [0.5, 0.6) is 0 Å². The Balaban J connectivity index is 2.68. The molecule has 2 unspecified atom stereocenters. The lowest BCUT2D eigenvalue weighted by atomic mass is 9.95. The average molecular weight is 299 g/mol. The highest BCUT2D eigenvalue weighted by molar-refractivity contribution is 7.87. The zero-order valence-electron chi connectivity index (χ0n) is 10.6. The van der Waals surface area contributed by atoms with Crippen molar-refractivity contribution in [3.05, 3.63) is 0 Å². The van der Waals surface area contributed by atoms with E-state index in [-0.39, 0.29) is 18.0 Å². The minimum absolute atomic E-state index is 0.118. The van der Waals surface area contributed by atoms with E-state index in [9.17, 15) is 13.2 Å². The van der Waals surface area contributed by atoms with Crippen molar-refractivity contribution in [2.24, 2.45) is 0 Å². The lowest BCUT2D eigenvalue weighted by molar-refractivity contribution is 0.157. The van der Waals surface area contributed by atoms with Crippen molar-refractivity contribution in [3.63, 3.8) is 0 Å². The summed E-state index contributed by atoms with van der Waals surface area (Å²) in [5.74, 6) is 0. The van der Waals surface area contributed by atoms with Gasteiger partial charge in [-0.05, 0) is 19.8 Å². The van der Waals surface area contributed by atoms with Gasteiger partial charge in [-0.2, -0.15) is 12.7 Å². The highest BCUT2D eigenvalue weighted by Crippen LogP contribution is 2.27. The molecule has 0 bridgehead atoms. The lowest BCUT2D eigenvalue weighted by Gasteiger charge is -2.33. The number of hydrogen-bond donors (Lipinski definition) is 1. The van der Waals surface area contributed by atoms with Crippen LogP contribution in [0.4, 0.5) is 4.79 Å². The maximum atomic E-state index is 11.9. The molecule has 1 N–H and O–H groups in total. The fourth-order valence-electron chi connectivity index (χ4n) is 1.99. The monoisotopic (exact) mass is 298 g/mol. The molecule has 1 saturated carbocycles. The van der Waals surface area contributed by atoms with Crippen molar-refractivity contribution in [1.29, 1.82) is 0 Å². The molecule has 0 spiro atoms. The van der Waals surface area contributed by atoms with Gasteiger partial charge in [-0.1, -0.05) is 12.8 Å². The minimum atomic E-state index is -3.89. The highest BCUT2D eigenvalue weighted by atomic mass is 35.5. The maximum absolute atomic E-state index is 11.9. The second-order valence-corrected chi connectivity index (χ2v) is 6.50. The van der Waals surface area contributed by atoms with Crippen LogP contribution in [-0.2, 0) is 14.9 Å². The highest BCUT2D eigenvalue weighted by Gasteiger charge is 2.34. The summed E-state index contributed by atoms with van der Waals surface area (Å²) in [5, 5.41) is -0.220. The number of ether oxygens (including phenoxy) is 1. The predicted octanol–water partition coefficient (Wildman–Crippen LogP) is 1.46. The van der Waals surface area contributed by atoms with Crippen LogP contribution >= 0.6 is 11.6 Å². The Morgan fingerprint density at radius 1 is 1.44 bits per heavy atom. The molecule has 6 nitrogen and oxygen atoms in total. The first-order valence-electron chi connectivity index (χ1n) is 5.95. The Morgan fingerprint density at radius 3 is 2.61 bits per heavy atom. The molecule has 0 saturated heterocycles. The number of halogens is 1. The molecule has 1 fully saturated rings. The van der Waals surface area contributed by atoms with Gasteiger partial charge in [0.05, 0.1) is 12.0 Å². The zero-order chi connectivity index (χ0) is 13.8. The summed E-state index contributed by atoms with van der Waals surface area (Å²) < 4.78 is 31.4. The summed E-state index contributed by atoms with van der Waals surface area (Å²) in [6.45, 7) is 1.72. The molecule has 0 aliphatic heterocycles. The molecule has 0 aromatic carbocycles. The third-order valence-corrected chi connectivity index (χ3v) is 4.94. The molecule has 0 aromatic heterocycles. The summed E-state index contributed by atoms with van der Waals surface area (Å²) in [7, 11) is -2.47. The van der Waals surface area contributed by atoms with Gasteiger partial charge in [0.25, 0.3) is 0 Å². The van der Waals surface area contributed by atoms with Crippen LogP contribution in [0.1, 0.15) is 32.6 Å². The number of amides is 1. The average Bonchev–Trinajstić information content (AvgIpc) is 2.28. The number of nitrogens with zero attached hydrogens (tertiary/aromatic N) is 1. The molecule has 1 rings (SSSR count). The summed E-state index contributed by atoms with van der Waals surface area (Å²) >= 11 is 6.13. The molecule has 1 amide bonds. The molecular weight excluding hydrogens is 280 g/mol. The molecule has 0 aromatic rings. The Morgan fingerprint density at radius 2 is 2.06 bits per heavy atom. The van der Waals surface area contributed by atoms with Gasteiger partial charge in [-0.25, -0.2) is 9.52 Å². The van der Waals surface area contributed by atoms with E-state index in [2.05, 4.69) is 4.74 Å². The van der Waals surface area contributed by atoms with Gasteiger partial charge in [-0.3, -0.25) is 0 Å². The van der Waals surface area contributed by atoms with E-state index in [1.54, 1.807) is 6.92 Å². The Labute approximate surface area is 113 Å². The number of carbonyl (C=O) groups excluding carboxylic acids is 1. The van der Waals surface area contributed by atoms with Gasteiger partial charge in [0.1, 0.15) is 0 Å². The van der Waals surface area contributed by atoms with Gasteiger partial charge >= 0.3 is 16.3 Å². The van der Waals surface area contributed by atoms with Gasteiger partial charge in [0.2, 0.25) is 0 Å². The van der Waals surface area contributed by atoms with E-state index < -0.39 is 16.3 Å². The second-order valence-electron chi connectivity index (χ2n) is 4.21. The Hall–Kier alpha value is -0.530. The van der Waals surface area contributed by atoms with E-state index >= 15 is 0 Å². The second kappa shape index (κ2) is 6.58. The molecule has 1 aliphatic rings. The third-order valence-electron chi connectivity index (χ3n) is 2.98. The quantitative estimate of drug-likeness (QED) is 0.797. The number of nitrogens with one attached hydrogen (secondary N) is 1. The summed E-state index contributed by atoms with van der Waals surface area (Å²) in [6.07, 6.45) is 2.46. The Kier molecular flexibility index (Phi) is 5.68. The molecular formula is C10H19ClN2O4S. The van der Waals surface area contributed by atoms with E-state index in [0.717, 1.165) is 23.6 Å². The topological polar surface area (TPSA) is 75.7 Å². The van der Waals surface area contributed by atoms with Crippen LogP contribution in [0, 0.1) is 0 Å². The van der Waals surface area contributed by atoms with Crippen molar-refractivity contribution in [1.82, 2.24) is 9.03 Å². The molecule has 2 atom stereocenters. The van der Waals surface area contributed by atoms with Gasteiger partial charge in [0, 0.05) is 13.1 Å². The SMILES string of the molecule is CCOC(=O)NS(=O)(=O)N(C)C1CCCCC1Cl. The van der Waals surface area contributed by atoms with Crippen LogP contribution < -0.4 is 4.72 Å². The first-order chi connectivity index (χ1) is 8.38. The van der Waals surface area contributed by atoms with Crippen LogP contribution in [-0.4, -0.2) is 43.9 Å². The number of carbonyl (C=O) groups is 1. The van der Waals surface area contributed by atoms with Crippen LogP contribution in [0.25, 0.3) is 0 Å². The first-order valence-corrected chi connectivity index (χ1v) is 7.82. The van der Waals surface area contributed by atoms with Crippen molar-refractivity contribution in [2.45, 2.75) is 44.0 Å². The first kappa shape index (κ1) is 15.5. The van der Waals surface area contributed by atoms with E-state index in [4.69, 9.17) is 11.6 Å². The van der Waals surface area contributed by atoms with Crippen molar-refractivity contribution in [3.8, 4) is 0 Å². The summed E-state index contributed by atoms with van der Waals surface area (Å²) in [6, 6.07) is -0.285. The standard InChI is InChI=1S/C10H19ClN2O4S/c1-3-17-10(14)12-18(15,16)13(2)9-7-5-4-6-8(9)11/h8-9H,3-7H2,1-2H3,(H,12,14). The zero-order valence-corrected chi connectivity index (χ0v) is 12.1. The van der Waals surface area contributed by atoms with Crippen LogP contribution in [0.15, 0.2) is 0 Å². The predicted molar refractivity (Wildman–Crippen MR) is 68.7 cm³/mol. The minimum Gasteiger partial charge on any atom is -0.449 e. The fourth-order valence-corrected chi connectivity index (χ4v) is 3.53. The van der Waals surface area contributed by atoms with Crippen molar-refractivity contribution >= 4 is 27.9 Å². The number of alkyl halides is 1. The van der Waals surface area contributed by atoms with Crippen LogP contribution in [0.2, 0.25) is 0 Å². The third kappa shape index (κ3) is 4.00. The summed E-state index contributed by atoms with van der Waals surface area (Å²) in [4.78, 5) is 11.2. The maximum Gasteiger partial charge on any atom is 0.421 e. The number of rotatable bonds is 4. The van der Waals surface area contributed by atoms with E-state index in [1.165, 1.54) is 7.05 Å². The number of hydrogen-bond acceptors (Lipinski definition) is 4. The Bertz CT molecular complexity index is 387. The molecule has 0 radical (unpaired) electrons. The molecule has 18 heavy (non-hydrogen) atoms. The fraction of sp³-hybridized carbons (Fsp3) is 0.900. The van der Waals surface area contributed by atoms with Gasteiger partial charge in [-0.15, -0.1) is 11.6 Å². The lowest BCUT2D eigenvalue weighted by Crippen LogP contribution is -2.50. The van der Waals surface area contributed by atoms with Crippen molar-refractivity contribution in [2.75, 3.05) is 13.7 Å². The molecule has 1 aliphatic carbocycles. The molecule has 0 heterocycles. The summed E-state index contributed by atoms with van der Waals surface area (Å²) in [5.41, 5.74) is 0. The molecule has 106 valence electrons. The van der Waals surface area contributed by atoms with Crippen molar-refractivity contribution < 1.29 is 17.9 Å². The van der Waals surface area contributed by atoms with E-state index in [1.807, 2.05) is 4.72 Å². The van der Waals surface area contributed by atoms with Gasteiger partial charge < -0.3 is 4.74 Å². The normalized spacial score (nSPS) is 24.9. The molecule has 8 heteroatoms. The smallest absolute Gasteiger partial charge is 0.421 e. The largest absolute Gasteiger partial charge is 0.449 e.